The van der Waals surface area contributed by atoms with Crippen LogP contribution in [-0.4, -0.2) is 54.6 Å². The topological polar surface area (TPSA) is 54.0 Å². The van der Waals surface area contributed by atoms with Gasteiger partial charge in [0.25, 0.3) is 0 Å². The highest BCUT2D eigenvalue weighted by molar-refractivity contribution is 6.76. The molecule has 1 fully saturated rings. The lowest BCUT2D eigenvalue weighted by molar-refractivity contribution is -0.157. The average Bonchev–Trinajstić information content (AvgIpc) is 2.68. The second-order valence-electron chi connectivity index (χ2n) is 12.5. The van der Waals surface area contributed by atoms with Gasteiger partial charge in [-0.3, -0.25) is 0 Å². The van der Waals surface area contributed by atoms with Crippen LogP contribution in [0, 0.1) is 0 Å². The van der Waals surface area contributed by atoms with Crippen molar-refractivity contribution in [2.45, 2.75) is 123 Å². The molecule has 1 aliphatic heterocycles. The predicted molar refractivity (Wildman–Crippen MR) is 147 cm³/mol. The van der Waals surface area contributed by atoms with E-state index in [0.717, 1.165) is 43.9 Å². The summed E-state index contributed by atoms with van der Waals surface area (Å²) in [5, 5.41) is 0.0665. The molecule has 1 rings (SSSR count). The van der Waals surface area contributed by atoms with E-state index < -0.39 is 16.4 Å². The van der Waals surface area contributed by atoms with Gasteiger partial charge >= 0.3 is 5.97 Å². The highest BCUT2D eigenvalue weighted by atomic mass is 28.4. The van der Waals surface area contributed by atoms with Crippen molar-refractivity contribution in [1.82, 2.24) is 0 Å². The zero-order valence-electron chi connectivity index (χ0n) is 23.9. The van der Waals surface area contributed by atoms with E-state index in [4.69, 9.17) is 18.6 Å². The zero-order chi connectivity index (χ0) is 26.2. The Kier molecular flexibility index (Phi) is 12.5. The van der Waals surface area contributed by atoms with Gasteiger partial charge in [0.05, 0.1) is 19.3 Å². The molecule has 0 aromatic heterocycles. The van der Waals surface area contributed by atoms with E-state index >= 15 is 0 Å². The van der Waals surface area contributed by atoms with E-state index in [1.807, 2.05) is 6.92 Å². The van der Waals surface area contributed by atoms with Gasteiger partial charge in [-0.05, 0) is 81.8 Å². The maximum absolute atomic E-state index is 12.6. The third-order valence-electron chi connectivity index (χ3n) is 6.70. The molecule has 0 N–H and O–H groups in total. The number of hydrogen-bond donors (Lipinski definition) is 0. The molecule has 0 saturated carbocycles. The predicted octanol–water partition coefficient (Wildman–Crippen LogP) is 7.47. The summed E-state index contributed by atoms with van der Waals surface area (Å²) >= 11 is 0. The van der Waals surface area contributed by atoms with Gasteiger partial charge in [-0.2, -0.15) is 0 Å². The van der Waals surface area contributed by atoms with E-state index in [2.05, 4.69) is 67.4 Å². The monoisotopic (exact) mass is 512 g/mol. The molecule has 0 spiro atoms. The zero-order valence-corrected chi connectivity index (χ0v) is 25.9. The summed E-state index contributed by atoms with van der Waals surface area (Å²) in [6, 6.07) is 0.897. The minimum absolute atomic E-state index is 0.0665. The van der Waals surface area contributed by atoms with E-state index in [9.17, 15) is 4.79 Å². The van der Waals surface area contributed by atoms with E-state index in [1.54, 1.807) is 6.08 Å². The van der Waals surface area contributed by atoms with E-state index in [-0.39, 0.29) is 23.4 Å². The molecular weight excluding hydrogens is 460 g/mol. The Labute approximate surface area is 211 Å². The molecule has 0 aliphatic carbocycles. The van der Waals surface area contributed by atoms with Crippen molar-refractivity contribution in [3.05, 3.63) is 22.8 Å². The molecule has 1 aliphatic rings. The van der Waals surface area contributed by atoms with Crippen molar-refractivity contribution in [3.63, 3.8) is 0 Å². The largest absolute Gasteiger partial charge is 0.463 e. The fraction of sp³-hybridized carbons (Fsp3) is 0.815. The molecule has 7 heteroatoms. The normalized spacial score (nSPS) is 19.0. The van der Waals surface area contributed by atoms with Crippen molar-refractivity contribution < 1.29 is 23.4 Å². The summed E-state index contributed by atoms with van der Waals surface area (Å²) in [4.78, 5) is 12.6. The maximum Gasteiger partial charge on any atom is 0.330 e. The van der Waals surface area contributed by atoms with Crippen LogP contribution in [-0.2, 0) is 23.4 Å². The fourth-order valence-electron chi connectivity index (χ4n) is 3.65. The van der Waals surface area contributed by atoms with Gasteiger partial charge in [0.2, 0.25) is 0 Å². The molecule has 0 aromatic carbocycles. The number of rotatable bonds is 12. The molecule has 1 heterocycles. The Morgan fingerprint density at radius 3 is 2.24 bits per heavy atom. The second-order valence-corrected chi connectivity index (χ2v) is 22.7. The molecule has 1 saturated heterocycles. The quantitative estimate of drug-likeness (QED) is 0.117. The third kappa shape index (κ3) is 11.3. The Balaban J connectivity index is 3.31. The van der Waals surface area contributed by atoms with Gasteiger partial charge in [-0.25, -0.2) is 4.79 Å². The van der Waals surface area contributed by atoms with Crippen molar-refractivity contribution in [1.29, 1.82) is 0 Å². The lowest BCUT2D eigenvalue weighted by Crippen LogP contribution is -2.45. The van der Waals surface area contributed by atoms with Gasteiger partial charge in [-0.1, -0.05) is 46.0 Å². The van der Waals surface area contributed by atoms with Crippen LogP contribution in [0.3, 0.4) is 0 Å². The lowest BCUT2D eigenvalue weighted by Gasteiger charge is -2.41. The summed E-state index contributed by atoms with van der Waals surface area (Å²) in [6.07, 6.45) is 5.34. The van der Waals surface area contributed by atoms with Gasteiger partial charge in [0.15, 0.2) is 14.6 Å². The Morgan fingerprint density at radius 2 is 1.76 bits per heavy atom. The molecule has 5 nitrogen and oxygen atoms in total. The molecule has 198 valence electrons. The van der Waals surface area contributed by atoms with Crippen molar-refractivity contribution in [2.75, 3.05) is 19.8 Å². The fourth-order valence-corrected chi connectivity index (χ4v) is 6.51. The first-order valence-electron chi connectivity index (χ1n) is 13.0. The smallest absolute Gasteiger partial charge is 0.330 e. The Hall–Kier alpha value is -0.736. The summed E-state index contributed by atoms with van der Waals surface area (Å²) in [7, 11) is -3.62. The van der Waals surface area contributed by atoms with Crippen LogP contribution >= 0.6 is 0 Å². The number of hydrogen-bond acceptors (Lipinski definition) is 5. The standard InChI is InChI=1S/C27H52O5Si2/c1-12-29-25(28)18-23(20-33(7,8)9)24(32-34(10,11)27(4,5)6)17-22(21(2)3)19-31-26-15-13-14-16-30-26/h18,24,26H,12-17,19-20H2,1-11H3/b23-18-/t24-,26?/m0/s1. The van der Waals surface area contributed by atoms with Gasteiger partial charge in [-0.15, -0.1) is 0 Å². The molecule has 0 amide bonds. The highest BCUT2D eigenvalue weighted by Crippen LogP contribution is 2.40. The van der Waals surface area contributed by atoms with E-state index in [1.165, 1.54) is 11.1 Å². The summed E-state index contributed by atoms with van der Waals surface area (Å²) in [5.41, 5.74) is 3.53. The minimum atomic E-state index is -2.10. The lowest BCUT2D eigenvalue weighted by atomic mass is 9.99. The highest BCUT2D eigenvalue weighted by Gasteiger charge is 2.40. The number of carbonyl (C=O) groups is 1. The maximum atomic E-state index is 12.6. The van der Waals surface area contributed by atoms with Gasteiger partial charge in [0, 0.05) is 20.8 Å². The summed E-state index contributed by atoms with van der Waals surface area (Å²) < 4.78 is 24.3. The molecule has 1 unspecified atom stereocenters. The van der Waals surface area contributed by atoms with E-state index in [0.29, 0.717) is 13.2 Å². The first-order chi connectivity index (χ1) is 15.6. The number of ether oxygens (including phenoxy) is 3. The SMILES string of the molecule is CCOC(=O)/C=C(/C[Si](C)(C)C)[C@H](CC(COC1CCCCO1)=C(C)C)O[Si](C)(C)C(C)(C)C. The first-order valence-corrected chi connectivity index (χ1v) is 19.6. The Bertz CT molecular complexity index is 704. The summed E-state index contributed by atoms with van der Waals surface area (Å²) in [6.45, 7) is 26.1. The van der Waals surface area contributed by atoms with Crippen molar-refractivity contribution in [2.24, 2.45) is 0 Å². The molecular formula is C27H52O5Si2. The van der Waals surface area contributed by atoms with Gasteiger partial charge < -0.3 is 18.6 Å². The van der Waals surface area contributed by atoms with Gasteiger partial charge in [0.1, 0.15) is 0 Å². The first kappa shape index (κ1) is 31.3. The van der Waals surface area contributed by atoms with Crippen LogP contribution in [0.5, 0.6) is 0 Å². The number of carbonyl (C=O) groups excluding carboxylic acids is 1. The van der Waals surface area contributed by atoms with Crippen LogP contribution < -0.4 is 0 Å². The Morgan fingerprint density at radius 1 is 1.12 bits per heavy atom. The molecule has 34 heavy (non-hydrogen) atoms. The van der Waals surface area contributed by atoms with Crippen molar-refractivity contribution >= 4 is 22.4 Å². The van der Waals surface area contributed by atoms with Crippen LogP contribution in [0.4, 0.5) is 0 Å². The van der Waals surface area contributed by atoms with Crippen molar-refractivity contribution in [3.8, 4) is 0 Å². The van der Waals surface area contributed by atoms with Crippen LogP contribution in [0.1, 0.15) is 67.2 Å². The molecule has 0 aromatic rings. The average molecular weight is 513 g/mol. The number of allylic oxidation sites excluding steroid dienone is 1. The van der Waals surface area contributed by atoms with Crippen LogP contribution in [0.25, 0.3) is 0 Å². The van der Waals surface area contributed by atoms with Crippen LogP contribution in [0.2, 0.25) is 43.8 Å². The second kappa shape index (κ2) is 13.5. The third-order valence-corrected chi connectivity index (χ3v) is 12.7. The number of esters is 1. The molecule has 0 radical (unpaired) electrons. The molecule has 0 bridgehead atoms. The minimum Gasteiger partial charge on any atom is -0.463 e. The molecule has 2 atom stereocenters. The van der Waals surface area contributed by atoms with Crippen LogP contribution in [0.15, 0.2) is 22.8 Å². The summed E-state index contributed by atoms with van der Waals surface area (Å²) in [5.74, 6) is -0.273.